The topological polar surface area (TPSA) is 26.3 Å². The maximum absolute atomic E-state index is 13.7. The number of rotatable bonds is 3. The predicted molar refractivity (Wildman–Crippen MR) is 72.1 cm³/mol. The zero-order valence-electron chi connectivity index (χ0n) is 13.4. The van der Waals surface area contributed by atoms with Crippen LogP contribution in [0, 0.1) is 23.2 Å². The van der Waals surface area contributed by atoms with Gasteiger partial charge in [-0.05, 0) is 37.5 Å². The van der Waals surface area contributed by atoms with Crippen molar-refractivity contribution in [3.63, 3.8) is 0 Å². The van der Waals surface area contributed by atoms with Gasteiger partial charge in [-0.25, -0.2) is 17.6 Å². The molecule has 144 valence electrons. The molecule has 0 radical (unpaired) electrons. The van der Waals surface area contributed by atoms with E-state index in [-0.39, 0.29) is 44.4 Å². The second-order valence-electron chi connectivity index (χ2n) is 7.76. The molecular weight excluding hydrogens is 357 g/mol. The SMILES string of the molecule is O=C(OCC(F)(F)F)[C@@H]1CC2(C[C@H]1C1CCC(F)(F)CC1)CC2(F)F. The van der Waals surface area contributed by atoms with Crippen molar-refractivity contribution in [2.24, 2.45) is 23.2 Å². The lowest BCUT2D eigenvalue weighted by Crippen LogP contribution is -2.33. The smallest absolute Gasteiger partial charge is 0.422 e. The molecule has 3 rings (SSSR count). The molecule has 0 saturated heterocycles. The summed E-state index contributed by atoms with van der Waals surface area (Å²) in [6, 6.07) is 0. The van der Waals surface area contributed by atoms with E-state index in [1.165, 1.54) is 0 Å². The lowest BCUT2D eigenvalue weighted by Gasteiger charge is -2.34. The Morgan fingerprint density at radius 2 is 1.60 bits per heavy atom. The third-order valence-electron chi connectivity index (χ3n) is 6.01. The molecule has 2 nitrogen and oxygen atoms in total. The summed E-state index contributed by atoms with van der Waals surface area (Å²) in [5.74, 6) is -8.94. The van der Waals surface area contributed by atoms with Crippen LogP contribution < -0.4 is 0 Å². The van der Waals surface area contributed by atoms with Crippen LogP contribution >= 0.6 is 0 Å². The van der Waals surface area contributed by atoms with Gasteiger partial charge in [0.2, 0.25) is 5.92 Å². The number of alkyl halides is 7. The van der Waals surface area contributed by atoms with Gasteiger partial charge in [0, 0.05) is 24.7 Å². The zero-order valence-corrected chi connectivity index (χ0v) is 13.4. The van der Waals surface area contributed by atoms with E-state index in [1.807, 2.05) is 0 Å². The van der Waals surface area contributed by atoms with Crippen molar-refractivity contribution in [1.29, 1.82) is 0 Å². The maximum Gasteiger partial charge on any atom is 0.422 e. The summed E-state index contributed by atoms with van der Waals surface area (Å²) in [6.45, 7) is -1.76. The maximum atomic E-state index is 13.7. The van der Waals surface area contributed by atoms with Crippen molar-refractivity contribution >= 4 is 5.97 Å². The van der Waals surface area contributed by atoms with Crippen molar-refractivity contribution in [1.82, 2.24) is 0 Å². The molecule has 3 saturated carbocycles. The highest BCUT2D eigenvalue weighted by Gasteiger charge is 2.75. The first-order valence-corrected chi connectivity index (χ1v) is 8.33. The first-order chi connectivity index (χ1) is 11.3. The molecular formula is C16H19F7O2. The minimum Gasteiger partial charge on any atom is -0.456 e. The van der Waals surface area contributed by atoms with E-state index in [9.17, 15) is 35.5 Å². The highest BCUT2D eigenvalue weighted by molar-refractivity contribution is 5.73. The number of carbonyl (C=O) groups excluding carboxylic acids is 1. The van der Waals surface area contributed by atoms with Gasteiger partial charge >= 0.3 is 12.1 Å². The second kappa shape index (κ2) is 5.74. The lowest BCUT2D eigenvalue weighted by atomic mass is 9.74. The Kier molecular flexibility index (Phi) is 4.31. The first kappa shape index (κ1) is 18.8. The van der Waals surface area contributed by atoms with Crippen LogP contribution in [0.4, 0.5) is 30.7 Å². The Balaban J connectivity index is 1.71. The molecule has 1 spiro atoms. The Labute approximate surface area is 140 Å². The molecule has 0 heterocycles. The summed E-state index contributed by atoms with van der Waals surface area (Å²) in [7, 11) is 0. The predicted octanol–water partition coefficient (Wildman–Crippen LogP) is 4.97. The number of hydrogen-bond donors (Lipinski definition) is 0. The van der Waals surface area contributed by atoms with E-state index in [0.29, 0.717) is 0 Å². The molecule has 3 aliphatic rings. The fraction of sp³-hybridized carbons (Fsp3) is 0.938. The number of carbonyl (C=O) groups is 1. The average Bonchev–Trinajstić information content (AvgIpc) is 2.81. The summed E-state index contributed by atoms with van der Waals surface area (Å²) in [5.41, 5.74) is -1.38. The third kappa shape index (κ3) is 3.74. The highest BCUT2D eigenvalue weighted by Crippen LogP contribution is 2.72. The van der Waals surface area contributed by atoms with Gasteiger partial charge in [0.1, 0.15) is 0 Å². The molecule has 0 aromatic rings. The van der Waals surface area contributed by atoms with Crippen LogP contribution in [0.5, 0.6) is 0 Å². The average molecular weight is 376 g/mol. The molecule has 0 aromatic heterocycles. The van der Waals surface area contributed by atoms with E-state index in [4.69, 9.17) is 0 Å². The molecule has 25 heavy (non-hydrogen) atoms. The summed E-state index contributed by atoms with van der Waals surface area (Å²) in [5, 5.41) is 0. The standard InChI is InChI=1S/C16H19F7O2/c17-14(18)3-1-9(2-4-14)10-5-13(7-15(13,19)20)6-11(10)12(24)25-8-16(21,22)23/h9-11H,1-8H2/t10-,11+,13?/m0/s1. The summed E-state index contributed by atoms with van der Waals surface area (Å²) >= 11 is 0. The second-order valence-corrected chi connectivity index (χ2v) is 7.76. The Morgan fingerprint density at radius 1 is 1.04 bits per heavy atom. The van der Waals surface area contributed by atoms with Crippen LogP contribution in [0.25, 0.3) is 0 Å². The summed E-state index contributed by atoms with van der Waals surface area (Å²) in [6.07, 6.45) is -5.94. The van der Waals surface area contributed by atoms with E-state index in [2.05, 4.69) is 4.74 Å². The van der Waals surface area contributed by atoms with Gasteiger partial charge in [-0.2, -0.15) is 13.2 Å². The summed E-state index contributed by atoms with van der Waals surface area (Å²) < 4.78 is 95.1. The van der Waals surface area contributed by atoms with Crippen LogP contribution in [0.2, 0.25) is 0 Å². The van der Waals surface area contributed by atoms with Gasteiger partial charge in [-0.1, -0.05) is 0 Å². The van der Waals surface area contributed by atoms with Gasteiger partial charge in [-0.15, -0.1) is 0 Å². The van der Waals surface area contributed by atoms with Gasteiger partial charge in [0.25, 0.3) is 5.92 Å². The fourth-order valence-electron chi connectivity index (χ4n) is 4.58. The van der Waals surface area contributed by atoms with Gasteiger partial charge < -0.3 is 4.74 Å². The van der Waals surface area contributed by atoms with E-state index < -0.39 is 54.3 Å². The van der Waals surface area contributed by atoms with Crippen LogP contribution in [-0.4, -0.2) is 30.6 Å². The largest absolute Gasteiger partial charge is 0.456 e. The normalized spacial score (nSPS) is 37.2. The number of ether oxygens (including phenoxy) is 1. The van der Waals surface area contributed by atoms with Crippen molar-refractivity contribution in [3.8, 4) is 0 Å². The van der Waals surface area contributed by atoms with Crippen molar-refractivity contribution < 1.29 is 40.3 Å². The van der Waals surface area contributed by atoms with Crippen LogP contribution in [-0.2, 0) is 9.53 Å². The number of halogens is 7. The Hall–Kier alpha value is -1.02. The van der Waals surface area contributed by atoms with Crippen molar-refractivity contribution in [3.05, 3.63) is 0 Å². The molecule has 1 unspecified atom stereocenters. The van der Waals surface area contributed by atoms with E-state index >= 15 is 0 Å². The fourth-order valence-corrected chi connectivity index (χ4v) is 4.58. The van der Waals surface area contributed by atoms with Crippen LogP contribution in [0.1, 0.15) is 44.9 Å². The quantitative estimate of drug-likeness (QED) is 0.514. The van der Waals surface area contributed by atoms with Gasteiger partial charge in [-0.3, -0.25) is 4.79 Å². The van der Waals surface area contributed by atoms with E-state index in [0.717, 1.165) is 0 Å². The number of esters is 1. The Morgan fingerprint density at radius 3 is 2.08 bits per heavy atom. The first-order valence-electron chi connectivity index (χ1n) is 8.33. The van der Waals surface area contributed by atoms with Crippen LogP contribution in [0.3, 0.4) is 0 Å². The van der Waals surface area contributed by atoms with Crippen molar-refractivity contribution in [2.45, 2.75) is 63.0 Å². The van der Waals surface area contributed by atoms with E-state index in [1.54, 1.807) is 0 Å². The van der Waals surface area contributed by atoms with Crippen molar-refractivity contribution in [2.75, 3.05) is 6.61 Å². The molecule has 9 heteroatoms. The minimum absolute atomic E-state index is 0.0119. The highest BCUT2D eigenvalue weighted by atomic mass is 19.4. The molecule has 3 aliphatic carbocycles. The monoisotopic (exact) mass is 376 g/mol. The van der Waals surface area contributed by atoms with Gasteiger partial charge in [0.05, 0.1) is 5.92 Å². The third-order valence-corrected chi connectivity index (χ3v) is 6.01. The van der Waals surface area contributed by atoms with Gasteiger partial charge in [0.15, 0.2) is 6.61 Å². The molecule has 0 aromatic carbocycles. The lowest BCUT2D eigenvalue weighted by molar-refractivity contribution is -0.190. The molecule has 0 bridgehead atoms. The minimum atomic E-state index is -4.70. The molecule has 3 fully saturated rings. The molecule has 3 atom stereocenters. The Bertz CT molecular complexity index is 535. The molecule has 0 aliphatic heterocycles. The summed E-state index contributed by atoms with van der Waals surface area (Å²) in [4.78, 5) is 12.1. The van der Waals surface area contributed by atoms with Crippen LogP contribution in [0.15, 0.2) is 0 Å². The number of hydrogen-bond acceptors (Lipinski definition) is 2. The zero-order chi connectivity index (χ0) is 18.7. The molecule has 0 N–H and O–H groups in total. The molecule has 0 amide bonds.